The minimum atomic E-state index is -2.99. The number of hydrogen-bond donors (Lipinski definition) is 4. The van der Waals surface area contributed by atoms with E-state index in [4.69, 9.17) is 41.9 Å². The third-order valence-corrected chi connectivity index (χ3v) is 20.7. The van der Waals surface area contributed by atoms with E-state index in [1.165, 1.54) is 0 Å². The van der Waals surface area contributed by atoms with Crippen LogP contribution in [-0.4, -0.2) is 117 Å². The van der Waals surface area contributed by atoms with E-state index in [1.807, 2.05) is 139 Å². The summed E-state index contributed by atoms with van der Waals surface area (Å²) < 4.78 is 57.5. The number of fused-ring (bicyclic) bond motifs is 2. The van der Waals surface area contributed by atoms with Gasteiger partial charge in [-0.1, -0.05) is 48.5 Å². The van der Waals surface area contributed by atoms with Crippen LogP contribution in [0.15, 0.2) is 158 Å². The number of nitrogens with two attached hydrogens (primary N) is 3. The van der Waals surface area contributed by atoms with Gasteiger partial charge in [-0.25, -0.2) is 51.5 Å². The molecule has 92 heavy (non-hydrogen) atoms. The Hall–Kier alpha value is -8.38. The standard InChI is InChI=1S/C36H39N7O4S.C31H31N7O2S.3ClH/c1-35(2,3)47-34(44)41-36(16-6-17-36)25-10-12-26(13-11-25)43-32(28-9-5-18-38-31(28)37)40-30-15-14-29(39-33(30)43)24-7-4-8-27(23-24)42-19-21-48(45,46)22-20-42;32-28-25(6-2-15-34-28)29-36-27-12-11-26(21-4-1-5-24(20-21)37-16-18-41(39,40)19-17-37)35-30(27)38(29)23-9-7-22(8-10-23)31(33)13-3-14-31;;;/h4-5,7-15,18,23H,6,16-17,19-22H2,1-3H3,(H2,37,38)(H,41,44);1-2,4-12,15,20H,3,13-14,16-19,33H2,(H2,32,34);3*1H. The number of pyridine rings is 4. The number of rotatable bonds is 11. The molecular weight excluding hydrogens is 1270 g/mol. The fourth-order valence-electron chi connectivity index (χ4n) is 12.2. The van der Waals surface area contributed by atoms with E-state index in [9.17, 15) is 21.6 Å². The van der Waals surface area contributed by atoms with Crippen LogP contribution in [0.4, 0.5) is 27.8 Å². The molecule has 0 spiro atoms. The van der Waals surface area contributed by atoms with E-state index >= 15 is 0 Å². The van der Waals surface area contributed by atoms with Gasteiger partial charge in [-0.05, 0) is 167 Å². The minimum Gasteiger partial charge on any atom is -0.444 e. The highest BCUT2D eigenvalue weighted by Crippen LogP contribution is 2.43. The number of nitrogen functional groups attached to an aromatic ring is 2. The van der Waals surface area contributed by atoms with Gasteiger partial charge < -0.3 is 37.1 Å². The first-order valence-electron chi connectivity index (χ1n) is 30.0. The van der Waals surface area contributed by atoms with Crippen molar-refractivity contribution in [2.75, 3.05) is 70.5 Å². The smallest absolute Gasteiger partial charge is 0.408 e. The van der Waals surface area contributed by atoms with Crippen LogP contribution in [0.5, 0.6) is 0 Å². The highest BCUT2D eigenvalue weighted by molar-refractivity contribution is 7.91. The maximum Gasteiger partial charge on any atom is 0.408 e. The second kappa shape index (κ2) is 26.3. The van der Waals surface area contributed by atoms with Crippen LogP contribution in [0.25, 0.3) is 79.0 Å². The summed E-state index contributed by atoms with van der Waals surface area (Å²) in [5.41, 5.74) is 31.4. The lowest BCUT2D eigenvalue weighted by atomic mass is 9.72. The predicted octanol–water partition coefficient (Wildman–Crippen LogP) is 11.4. The lowest BCUT2D eigenvalue weighted by Crippen LogP contribution is -2.52. The molecular formula is C67H73Cl3N14O6S2. The molecule has 480 valence electrons. The van der Waals surface area contributed by atoms with Crippen molar-refractivity contribution in [3.63, 3.8) is 0 Å². The van der Waals surface area contributed by atoms with Gasteiger partial charge in [0.25, 0.3) is 0 Å². The first-order chi connectivity index (χ1) is 42.7. The Bertz CT molecular complexity index is 4570. The third-order valence-electron chi connectivity index (χ3n) is 17.4. The molecule has 7 N–H and O–H groups in total. The van der Waals surface area contributed by atoms with Crippen molar-refractivity contribution in [2.24, 2.45) is 5.73 Å². The lowest BCUT2D eigenvalue weighted by Gasteiger charge is -2.43. The molecule has 0 radical (unpaired) electrons. The van der Waals surface area contributed by atoms with Gasteiger partial charge in [0.15, 0.2) is 42.6 Å². The van der Waals surface area contributed by atoms with Gasteiger partial charge in [0, 0.05) is 78.0 Å². The SMILES string of the molecule is CC(C)(C)OC(=O)NC1(c2ccc(-n3c(-c4cccnc4N)nc4ccc(-c5cccc(N6CCS(=O)(=O)CC6)c5)nc43)cc2)CCC1.Cl.Cl.Cl.Nc1ncccc1-c1nc2ccc(-c3cccc(N4CCS(=O)(=O)CC4)c3)nc2n1-c1ccc(C2(N)CCC2)cc1. The highest BCUT2D eigenvalue weighted by atomic mass is 35.5. The molecule has 0 unspecified atom stereocenters. The molecule has 2 aliphatic carbocycles. The summed E-state index contributed by atoms with van der Waals surface area (Å²) >= 11 is 0. The average Bonchev–Trinajstić information content (AvgIpc) is 1.53. The van der Waals surface area contributed by atoms with Crippen LogP contribution in [-0.2, 0) is 35.5 Å². The molecule has 4 aromatic carbocycles. The van der Waals surface area contributed by atoms with Gasteiger partial charge in [-0.15, -0.1) is 37.2 Å². The lowest BCUT2D eigenvalue weighted by molar-refractivity contribution is 0.0377. The number of imidazole rings is 2. The Morgan fingerprint density at radius 3 is 1.33 bits per heavy atom. The van der Waals surface area contributed by atoms with Crippen LogP contribution >= 0.6 is 37.2 Å². The summed E-state index contributed by atoms with van der Waals surface area (Å²) in [5.74, 6) is 2.68. The number of carbonyl (C=O) groups excluding carboxylic acids is 1. The zero-order chi connectivity index (χ0) is 61.9. The van der Waals surface area contributed by atoms with E-state index in [1.54, 1.807) is 12.4 Å². The molecule has 0 bridgehead atoms. The number of amides is 1. The van der Waals surface area contributed by atoms with E-state index in [0.717, 1.165) is 106 Å². The van der Waals surface area contributed by atoms with Crippen molar-refractivity contribution in [3.05, 3.63) is 169 Å². The van der Waals surface area contributed by atoms with Crippen LogP contribution in [0, 0.1) is 0 Å². The molecule has 8 heterocycles. The van der Waals surface area contributed by atoms with Crippen LogP contribution in [0.1, 0.15) is 70.4 Å². The van der Waals surface area contributed by atoms with Gasteiger partial charge in [0.1, 0.15) is 28.3 Å². The summed E-state index contributed by atoms with van der Waals surface area (Å²) in [5, 5.41) is 3.14. The van der Waals surface area contributed by atoms with Crippen molar-refractivity contribution < 1.29 is 26.4 Å². The van der Waals surface area contributed by atoms with Crippen molar-refractivity contribution in [1.82, 2.24) is 44.4 Å². The fourth-order valence-corrected chi connectivity index (χ4v) is 14.6. The molecule has 2 saturated heterocycles. The normalized spacial score (nSPS) is 16.9. The number of nitrogens with one attached hydrogen (secondary N) is 1. The number of sulfone groups is 2. The Labute approximate surface area is 553 Å². The number of nitrogens with zero attached hydrogens (tertiary/aromatic N) is 10. The van der Waals surface area contributed by atoms with E-state index in [2.05, 4.69) is 61.5 Å². The maximum atomic E-state index is 12.8. The highest BCUT2D eigenvalue weighted by Gasteiger charge is 2.41. The number of ether oxygens (including phenoxy) is 1. The summed E-state index contributed by atoms with van der Waals surface area (Å²) in [6, 6.07) is 47.9. The first-order valence-corrected chi connectivity index (χ1v) is 33.7. The molecule has 10 aromatic rings. The van der Waals surface area contributed by atoms with Crippen LogP contribution in [0.3, 0.4) is 0 Å². The fraction of sp³-hybridized carbons (Fsp3) is 0.299. The number of benzene rings is 4. The molecule has 25 heteroatoms. The third kappa shape index (κ3) is 13.6. The Balaban J connectivity index is 0.000000197. The largest absolute Gasteiger partial charge is 0.444 e. The zero-order valence-corrected chi connectivity index (χ0v) is 55.2. The van der Waals surface area contributed by atoms with Gasteiger partial charge in [0.05, 0.1) is 51.1 Å². The number of carbonyl (C=O) groups is 1. The van der Waals surface area contributed by atoms with Crippen LogP contribution in [0.2, 0.25) is 0 Å². The van der Waals surface area contributed by atoms with Gasteiger partial charge in [-0.3, -0.25) is 9.13 Å². The Morgan fingerprint density at radius 1 is 0.522 bits per heavy atom. The van der Waals surface area contributed by atoms with E-state index in [0.29, 0.717) is 71.8 Å². The van der Waals surface area contributed by atoms with Crippen LogP contribution < -0.4 is 32.3 Å². The van der Waals surface area contributed by atoms with Crippen molar-refractivity contribution in [3.8, 4) is 56.7 Å². The predicted molar refractivity (Wildman–Crippen MR) is 372 cm³/mol. The molecule has 2 saturated carbocycles. The number of halogens is 3. The molecule has 20 nitrogen and oxygen atoms in total. The summed E-state index contributed by atoms with van der Waals surface area (Å²) in [6.45, 7) is 7.47. The molecule has 0 atom stereocenters. The Kier molecular flexibility index (Phi) is 19.0. The number of aromatic nitrogens is 8. The summed E-state index contributed by atoms with van der Waals surface area (Å²) in [4.78, 5) is 45.8. The number of anilines is 4. The van der Waals surface area contributed by atoms with Gasteiger partial charge in [-0.2, -0.15) is 0 Å². The molecule has 14 rings (SSSR count). The monoisotopic (exact) mass is 1340 g/mol. The summed E-state index contributed by atoms with van der Waals surface area (Å²) in [7, 11) is -5.95. The maximum absolute atomic E-state index is 12.8. The van der Waals surface area contributed by atoms with E-state index < -0.39 is 36.9 Å². The quantitative estimate of drug-likeness (QED) is 0.0936. The van der Waals surface area contributed by atoms with Crippen molar-refractivity contribution in [2.45, 2.75) is 76.0 Å². The minimum absolute atomic E-state index is 0. The second-order valence-electron chi connectivity index (χ2n) is 24.5. The number of hydrogen-bond acceptors (Lipinski definition) is 17. The molecule has 1 amide bonds. The van der Waals surface area contributed by atoms with Gasteiger partial charge >= 0.3 is 6.09 Å². The second-order valence-corrected chi connectivity index (χ2v) is 29.1. The zero-order valence-electron chi connectivity index (χ0n) is 51.1. The summed E-state index contributed by atoms with van der Waals surface area (Å²) in [6.07, 6.45) is 8.70. The van der Waals surface area contributed by atoms with Crippen molar-refractivity contribution in [1.29, 1.82) is 0 Å². The molecule has 4 aliphatic rings. The molecule has 2 aliphatic heterocycles. The van der Waals surface area contributed by atoms with Gasteiger partial charge in [0.2, 0.25) is 0 Å². The average molecular weight is 1340 g/mol. The molecule has 4 fully saturated rings. The first kappa shape index (κ1) is 66.5. The van der Waals surface area contributed by atoms with Crippen molar-refractivity contribution >= 4 is 108 Å². The Morgan fingerprint density at radius 2 is 0.946 bits per heavy atom. The topological polar surface area (TPSA) is 278 Å². The van der Waals surface area contributed by atoms with E-state index in [-0.39, 0.29) is 65.8 Å². The molecule has 6 aromatic heterocycles. The number of alkyl carbamates (subject to hydrolysis) is 1.